The topological polar surface area (TPSA) is 71.2 Å². The van der Waals surface area contributed by atoms with Crippen LogP contribution in [0.3, 0.4) is 0 Å². The van der Waals surface area contributed by atoms with Crippen LogP contribution in [-0.4, -0.2) is 49.9 Å². The second kappa shape index (κ2) is 6.50. The first-order valence-electron chi connectivity index (χ1n) is 7.96. The van der Waals surface area contributed by atoms with E-state index in [0.29, 0.717) is 17.9 Å². The van der Waals surface area contributed by atoms with E-state index in [1.807, 2.05) is 36.2 Å². The van der Waals surface area contributed by atoms with Gasteiger partial charge in [0.25, 0.3) is 5.91 Å². The number of rotatable bonds is 3. The lowest BCUT2D eigenvalue weighted by atomic mass is 9.93. The zero-order valence-electron chi connectivity index (χ0n) is 13.5. The van der Waals surface area contributed by atoms with Crippen LogP contribution < -0.4 is 0 Å². The summed E-state index contributed by atoms with van der Waals surface area (Å²) in [7, 11) is 1.82. The predicted molar refractivity (Wildman–Crippen MR) is 86.7 cm³/mol. The lowest BCUT2D eigenvalue weighted by molar-refractivity contribution is 0.0489. The van der Waals surface area contributed by atoms with Gasteiger partial charge in [-0.05, 0) is 37.8 Å². The molecule has 0 saturated carbocycles. The van der Waals surface area contributed by atoms with E-state index < -0.39 is 0 Å². The molecule has 0 spiro atoms. The summed E-state index contributed by atoms with van der Waals surface area (Å²) >= 11 is 0. The lowest BCUT2D eigenvalue weighted by Crippen LogP contribution is -2.46. The van der Waals surface area contributed by atoms with Crippen LogP contribution in [0.15, 0.2) is 30.6 Å². The molecule has 3 rings (SSSR count). The summed E-state index contributed by atoms with van der Waals surface area (Å²) in [4.78, 5) is 18.8. The molecule has 1 aliphatic heterocycles. The Hall–Kier alpha value is -2.21. The van der Waals surface area contributed by atoms with Gasteiger partial charge in [-0.15, -0.1) is 0 Å². The van der Waals surface area contributed by atoms with Crippen LogP contribution in [0.5, 0.6) is 0 Å². The first kappa shape index (κ1) is 15.7. The van der Waals surface area contributed by atoms with E-state index in [2.05, 4.69) is 17.0 Å². The van der Waals surface area contributed by atoms with Crippen molar-refractivity contribution in [2.45, 2.75) is 25.8 Å². The largest absolute Gasteiger partial charge is 0.396 e. The van der Waals surface area contributed by atoms with Crippen molar-refractivity contribution in [2.75, 3.05) is 13.2 Å². The van der Waals surface area contributed by atoms with E-state index >= 15 is 0 Å². The number of amides is 1. The van der Waals surface area contributed by atoms with Crippen molar-refractivity contribution in [3.8, 4) is 11.4 Å². The molecule has 1 N–H and O–H groups in total. The van der Waals surface area contributed by atoms with Gasteiger partial charge in [0.05, 0.1) is 0 Å². The van der Waals surface area contributed by atoms with E-state index in [9.17, 15) is 9.90 Å². The van der Waals surface area contributed by atoms with Gasteiger partial charge in [-0.1, -0.05) is 12.1 Å². The van der Waals surface area contributed by atoms with Crippen molar-refractivity contribution in [3.63, 3.8) is 0 Å². The van der Waals surface area contributed by atoms with Crippen LogP contribution >= 0.6 is 0 Å². The van der Waals surface area contributed by atoms with Crippen molar-refractivity contribution in [1.82, 2.24) is 19.7 Å². The molecule has 0 radical (unpaired) electrons. The fourth-order valence-corrected chi connectivity index (χ4v) is 3.01. The summed E-state index contributed by atoms with van der Waals surface area (Å²) in [6, 6.07) is 7.61. The minimum absolute atomic E-state index is 0.0242. The molecule has 1 aromatic carbocycles. The molecule has 122 valence electrons. The van der Waals surface area contributed by atoms with E-state index in [-0.39, 0.29) is 24.5 Å². The van der Waals surface area contributed by atoms with Gasteiger partial charge in [0, 0.05) is 37.4 Å². The third-order valence-corrected chi connectivity index (χ3v) is 4.49. The number of benzene rings is 1. The van der Waals surface area contributed by atoms with Crippen LogP contribution in [0.4, 0.5) is 0 Å². The quantitative estimate of drug-likeness (QED) is 0.936. The molecule has 1 amide bonds. The van der Waals surface area contributed by atoms with E-state index in [1.54, 1.807) is 11.0 Å². The molecule has 0 bridgehead atoms. The van der Waals surface area contributed by atoms with Crippen molar-refractivity contribution < 1.29 is 9.90 Å². The Bertz CT molecular complexity index is 680. The highest BCUT2D eigenvalue weighted by atomic mass is 16.3. The van der Waals surface area contributed by atoms with Gasteiger partial charge < -0.3 is 10.0 Å². The molecule has 23 heavy (non-hydrogen) atoms. The maximum atomic E-state index is 12.7. The first-order chi connectivity index (χ1) is 11.1. The number of aromatic nitrogens is 3. The van der Waals surface area contributed by atoms with Crippen LogP contribution in [0.1, 0.15) is 30.1 Å². The number of nitrogens with zero attached hydrogens (tertiary/aromatic N) is 4. The fourth-order valence-electron chi connectivity index (χ4n) is 3.01. The monoisotopic (exact) mass is 314 g/mol. The second-order valence-corrected chi connectivity index (χ2v) is 6.25. The first-order valence-corrected chi connectivity index (χ1v) is 7.96. The van der Waals surface area contributed by atoms with E-state index in [1.165, 1.54) is 0 Å². The number of carbonyl (C=O) groups excluding carboxylic acids is 1. The fraction of sp³-hybridized carbons (Fsp3) is 0.471. The Morgan fingerprint density at radius 2 is 2.04 bits per heavy atom. The van der Waals surface area contributed by atoms with Gasteiger partial charge >= 0.3 is 0 Å². The Labute approximate surface area is 135 Å². The van der Waals surface area contributed by atoms with Gasteiger partial charge in [-0.3, -0.25) is 9.48 Å². The minimum Gasteiger partial charge on any atom is -0.396 e. The molecular formula is C17H22N4O2. The smallest absolute Gasteiger partial charge is 0.254 e. The summed E-state index contributed by atoms with van der Waals surface area (Å²) in [6.07, 6.45) is 3.57. The van der Waals surface area contributed by atoms with Crippen LogP contribution in [0, 0.1) is 5.92 Å². The molecule has 6 nitrogen and oxygen atoms in total. The summed E-state index contributed by atoms with van der Waals surface area (Å²) < 4.78 is 1.65. The van der Waals surface area contributed by atoms with Crippen LogP contribution in [0.2, 0.25) is 0 Å². The lowest BCUT2D eigenvalue weighted by Gasteiger charge is -2.37. The van der Waals surface area contributed by atoms with Gasteiger partial charge in [-0.2, -0.15) is 5.10 Å². The SMILES string of the molecule is CC1CCC(CO)CN1C(=O)c1ccc(-c2ncn(C)n2)cc1. The molecule has 1 saturated heterocycles. The average molecular weight is 314 g/mol. The summed E-state index contributed by atoms with van der Waals surface area (Å²) in [5.74, 6) is 0.863. The van der Waals surface area contributed by atoms with Gasteiger partial charge in [0.2, 0.25) is 0 Å². The maximum absolute atomic E-state index is 12.7. The number of aliphatic hydroxyl groups excluding tert-OH is 1. The van der Waals surface area contributed by atoms with Gasteiger partial charge in [0.1, 0.15) is 6.33 Å². The molecular weight excluding hydrogens is 292 g/mol. The van der Waals surface area contributed by atoms with Gasteiger partial charge in [-0.25, -0.2) is 4.98 Å². The van der Waals surface area contributed by atoms with E-state index in [4.69, 9.17) is 0 Å². The Morgan fingerprint density at radius 1 is 1.30 bits per heavy atom. The number of aliphatic hydroxyl groups is 1. The third kappa shape index (κ3) is 3.27. The number of piperidine rings is 1. The second-order valence-electron chi connectivity index (χ2n) is 6.25. The van der Waals surface area contributed by atoms with Crippen molar-refractivity contribution in [1.29, 1.82) is 0 Å². The molecule has 1 fully saturated rings. The number of aryl methyl sites for hydroxylation is 1. The highest BCUT2D eigenvalue weighted by molar-refractivity contribution is 5.94. The zero-order chi connectivity index (χ0) is 16.4. The van der Waals surface area contributed by atoms with Crippen molar-refractivity contribution in [2.24, 2.45) is 13.0 Å². The highest BCUT2D eigenvalue weighted by Gasteiger charge is 2.29. The predicted octanol–water partition coefficient (Wildman–Crippen LogP) is 1.72. The molecule has 2 unspecified atom stereocenters. The number of likely N-dealkylation sites (tertiary alicyclic amines) is 1. The molecule has 0 aliphatic carbocycles. The minimum atomic E-state index is 0.0242. The number of hydrogen-bond donors (Lipinski definition) is 1. The Kier molecular flexibility index (Phi) is 4.43. The molecule has 2 atom stereocenters. The zero-order valence-corrected chi connectivity index (χ0v) is 13.5. The maximum Gasteiger partial charge on any atom is 0.254 e. The number of hydrogen-bond acceptors (Lipinski definition) is 4. The van der Waals surface area contributed by atoms with Crippen LogP contribution in [-0.2, 0) is 7.05 Å². The third-order valence-electron chi connectivity index (χ3n) is 4.49. The summed E-state index contributed by atoms with van der Waals surface area (Å²) in [5, 5.41) is 13.6. The summed E-state index contributed by atoms with van der Waals surface area (Å²) in [6.45, 7) is 2.83. The Morgan fingerprint density at radius 3 is 2.65 bits per heavy atom. The van der Waals surface area contributed by atoms with Crippen molar-refractivity contribution in [3.05, 3.63) is 36.2 Å². The molecule has 6 heteroatoms. The standard InChI is InChI=1S/C17H22N4O2/c1-12-3-4-13(10-22)9-21(12)17(23)15-7-5-14(6-8-15)16-18-11-20(2)19-16/h5-8,11-13,22H,3-4,9-10H2,1-2H3. The highest BCUT2D eigenvalue weighted by Crippen LogP contribution is 2.24. The molecule has 2 aromatic rings. The summed E-state index contributed by atoms with van der Waals surface area (Å²) in [5.41, 5.74) is 1.55. The Balaban J connectivity index is 1.77. The van der Waals surface area contributed by atoms with Gasteiger partial charge in [0.15, 0.2) is 5.82 Å². The normalized spacial score (nSPS) is 21.4. The van der Waals surface area contributed by atoms with Crippen molar-refractivity contribution >= 4 is 5.91 Å². The van der Waals surface area contributed by atoms with E-state index in [0.717, 1.165) is 18.4 Å². The average Bonchev–Trinajstić information content (AvgIpc) is 3.01. The van der Waals surface area contributed by atoms with Crippen LogP contribution in [0.25, 0.3) is 11.4 Å². The molecule has 2 heterocycles. The molecule has 1 aliphatic rings. The number of carbonyl (C=O) groups is 1. The molecule has 1 aromatic heterocycles.